The Bertz CT molecular complexity index is 1020. The molecular weight excluding hydrogens is 373 g/mol. The van der Waals surface area contributed by atoms with Crippen molar-refractivity contribution in [3.05, 3.63) is 79.7 Å². The van der Waals surface area contributed by atoms with Gasteiger partial charge in [-0.15, -0.1) is 0 Å². The molecule has 3 aromatic rings. The molecule has 2 aromatic carbocycles. The number of aryl methyl sites for hydroxylation is 2. The van der Waals surface area contributed by atoms with E-state index in [0.717, 1.165) is 11.1 Å². The maximum absolute atomic E-state index is 12.5. The fraction of sp³-hybridized carbons (Fsp3) is 0.105. The second-order valence-electron chi connectivity index (χ2n) is 5.87. The van der Waals surface area contributed by atoms with Crippen molar-refractivity contribution in [1.29, 1.82) is 0 Å². The summed E-state index contributed by atoms with van der Waals surface area (Å²) in [5.74, 6) is -0.219. The topological polar surface area (TPSA) is 74.8 Å². The Morgan fingerprint density at radius 1 is 1.12 bits per heavy atom. The average Bonchev–Trinajstić information content (AvgIpc) is 2.58. The smallest absolute Gasteiger partial charge is 0.264 e. The normalized spacial score (nSPS) is 10.6. The van der Waals surface area contributed by atoms with Gasteiger partial charge in [0.2, 0.25) is 0 Å². The molecule has 0 radical (unpaired) electrons. The van der Waals surface area contributed by atoms with Gasteiger partial charge in [-0.05, 0) is 55.3 Å². The summed E-state index contributed by atoms with van der Waals surface area (Å²) in [7, 11) is 0. The quantitative estimate of drug-likeness (QED) is 0.688. The Morgan fingerprint density at radius 2 is 1.81 bits per heavy atom. The minimum atomic E-state index is -0.574. The number of amides is 1. The molecule has 0 aliphatic rings. The summed E-state index contributed by atoms with van der Waals surface area (Å²) < 4.78 is 0. The maximum Gasteiger partial charge on any atom is 0.264 e. The van der Waals surface area contributed by atoms with Gasteiger partial charge in [0.25, 0.3) is 11.5 Å². The lowest BCUT2D eigenvalue weighted by Gasteiger charge is -2.11. The summed E-state index contributed by atoms with van der Waals surface area (Å²) in [6, 6.07) is 10.5. The van der Waals surface area contributed by atoms with Crippen LogP contribution in [0.4, 0.5) is 5.69 Å². The molecule has 0 fully saturated rings. The number of hydrogen-bond acceptors (Lipinski definition) is 3. The van der Waals surface area contributed by atoms with Crippen molar-refractivity contribution in [3.63, 3.8) is 0 Å². The number of H-pyrrole nitrogens is 1. The van der Waals surface area contributed by atoms with Gasteiger partial charge in [0.05, 0.1) is 10.7 Å². The fourth-order valence-electron chi connectivity index (χ4n) is 2.57. The first-order valence-corrected chi connectivity index (χ1v) is 8.54. The molecule has 132 valence electrons. The molecule has 3 rings (SSSR count). The molecule has 0 atom stereocenters. The Balaban J connectivity index is 1.89. The van der Waals surface area contributed by atoms with Crippen LogP contribution >= 0.6 is 23.2 Å². The number of nitrogens with zero attached hydrogens (tertiary/aromatic N) is 1. The van der Waals surface area contributed by atoms with Crippen molar-refractivity contribution in [1.82, 2.24) is 9.97 Å². The van der Waals surface area contributed by atoms with Crippen molar-refractivity contribution in [2.75, 3.05) is 5.32 Å². The number of halogens is 2. The monoisotopic (exact) mass is 387 g/mol. The Morgan fingerprint density at radius 3 is 2.42 bits per heavy atom. The van der Waals surface area contributed by atoms with Crippen molar-refractivity contribution < 1.29 is 4.79 Å². The van der Waals surface area contributed by atoms with Crippen LogP contribution in [0.2, 0.25) is 10.0 Å². The van der Waals surface area contributed by atoms with E-state index in [4.69, 9.17) is 23.2 Å². The van der Waals surface area contributed by atoms with Gasteiger partial charge in [0.15, 0.2) is 0 Å². The second-order valence-corrected chi connectivity index (χ2v) is 6.72. The van der Waals surface area contributed by atoms with Crippen LogP contribution in [0.25, 0.3) is 11.4 Å². The molecule has 1 heterocycles. The first-order chi connectivity index (χ1) is 12.3. The first kappa shape index (κ1) is 18.2. The van der Waals surface area contributed by atoms with E-state index in [1.165, 1.54) is 6.20 Å². The van der Waals surface area contributed by atoms with Gasteiger partial charge < -0.3 is 10.3 Å². The number of rotatable bonds is 3. The van der Waals surface area contributed by atoms with Crippen LogP contribution in [0.1, 0.15) is 21.5 Å². The molecule has 0 saturated heterocycles. The third-order valence-corrected chi connectivity index (χ3v) is 4.38. The van der Waals surface area contributed by atoms with Gasteiger partial charge in [0, 0.05) is 16.8 Å². The van der Waals surface area contributed by atoms with E-state index in [0.29, 0.717) is 27.1 Å². The second kappa shape index (κ2) is 7.32. The highest BCUT2D eigenvalue weighted by atomic mass is 35.5. The molecule has 0 bridgehead atoms. The molecule has 7 heteroatoms. The van der Waals surface area contributed by atoms with Crippen molar-refractivity contribution in [2.45, 2.75) is 13.8 Å². The highest BCUT2D eigenvalue weighted by Gasteiger charge is 2.15. The standard InChI is InChI=1S/C19H15Cl2N3O2/c1-10-7-11(2)16(15(21)8-10)23-18(25)14-9-22-17(24-19(14)26)12-3-5-13(20)6-4-12/h3-9H,1-2H3,(H,23,25)(H,22,24,26). The number of hydrogen-bond donors (Lipinski definition) is 2. The van der Waals surface area contributed by atoms with Crippen LogP contribution in [0.5, 0.6) is 0 Å². The highest BCUT2D eigenvalue weighted by Crippen LogP contribution is 2.27. The molecule has 0 aliphatic heterocycles. The number of anilines is 1. The van der Waals surface area contributed by atoms with Crippen molar-refractivity contribution >= 4 is 34.8 Å². The van der Waals surface area contributed by atoms with E-state index in [1.807, 2.05) is 19.9 Å². The molecule has 0 spiro atoms. The van der Waals surface area contributed by atoms with Crippen molar-refractivity contribution in [2.24, 2.45) is 0 Å². The summed E-state index contributed by atoms with van der Waals surface area (Å²) in [6.07, 6.45) is 1.25. The fourth-order valence-corrected chi connectivity index (χ4v) is 3.06. The molecule has 1 amide bonds. The first-order valence-electron chi connectivity index (χ1n) is 7.78. The SMILES string of the molecule is Cc1cc(C)c(NC(=O)c2cnc(-c3ccc(Cl)cc3)[nH]c2=O)c(Cl)c1. The molecule has 0 unspecified atom stereocenters. The average molecular weight is 388 g/mol. The Kier molecular flexibility index (Phi) is 5.11. The molecular formula is C19H15Cl2N3O2. The van der Waals surface area contributed by atoms with Gasteiger partial charge in [-0.1, -0.05) is 29.3 Å². The zero-order valence-corrected chi connectivity index (χ0v) is 15.6. The molecule has 2 N–H and O–H groups in total. The molecule has 0 saturated carbocycles. The van der Waals surface area contributed by atoms with Gasteiger partial charge in [0.1, 0.15) is 11.4 Å². The highest BCUT2D eigenvalue weighted by molar-refractivity contribution is 6.34. The number of carbonyl (C=O) groups excluding carboxylic acids is 1. The third kappa shape index (κ3) is 3.79. The maximum atomic E-state index is 12.5. The molecule has 1 aromatic heterocycles. The van der Waals surface area contributed by atoms with Gasteiger partial charge in [-0.25, -0.2) is 4.98 Å². The Labute approximate surface area is 160 Å². The van der Waals surface area contributed by atoms with Gasteiger partial charge in [-0.2, -0.15) is 0 Å². The van der Waals surface area contributed by atoms with Crippen LogP contribution < -0.4 is 10.9 Å². The van der Waals surface area contributed by atoms with E-state index in [2.05, 4.69) is 15.3 Å². The zero-order valence-electron chi connectivity index (χ0n) is 14.1. The van der Waals surface area contributed by atoms with Crippen LogP contribution in [-0.2, 0) is 0 Å². The minimum Gasteiger partial charge on any atom is -0.320 e. The van der Waals surface area contributed by atoms with E-state index >= 15 is 0 Å². The van der Waals surface area contributed by atoms with E-state index in [1.54, 1.807) is 30.3 Å². The lowest BCUT2D eigenvalue weighted by molar-refractivity contribution is 0.102. The number of carbonyl (C=O) groups is 1. The number of benzene rings is 2. The predicted octanol–water partition coefficient (Wildman–Crippen LogP) is 4.61. The Hall–Kier alpha value is -2.63. The van der Waals surface area contributed by atoms with Crippen LogP contribution in [0, 0.1) is 13.8 Å². The van der Waals surface area contributed by atoms with Gasteiger partial charge >= 0.3 is 0 Å². The summed E-state index contributed by atoms with van der Waals surface area (Å²) in [4.78, 5) is 31.6. The summed E-state index contributed by atoms with van der Waals surface area (Å²) in [5, 5.41) is 3.68. The third-order valence-electron chi connectivity index (χ3n) is 3.83. The predicted molar refractivity (Wildman–Crippen MR) is 104 cm³/mol. The minimum absolute atomic E-state index is 0.0984. The van der Waals surface area contributed by atoms with E-state index in [9.17, 15) is 9.59 Å². The lowest BCUT2D eigenvalue weighted by atomic mass is 10.1. The summed E-state index contributed by atoms with van der Waals surface area (Å²) >= 11 is 12.1. The number of nitrogens with one attached hydrogen (secondary N) is 2. The van der Waals surface area contributed by atoms with Crippen LogP contribution in [0.3, 0.4) is 0 Å². The lowest BCUT2D eigenvalue weighted by Crippen LogP contribution is -2.24. The summed E-state index contributed by atoms with van der Waals surface area (Å²) in [5.41, 5.74) is 2.32. The molecule has 0 aliphatic carbocycles. The van der Waals surface area contributed by atoms with E-state index in [-0.39, 0.29) is 5.56 Å². The van der Waals surface area contributed by atoms with Crippen LogP contribution in [-0.4, -0.2) is 15.9 Å². The largest absolute Gasteiger partial charge is 0.320 e. The van der Waals surface area contributed by atoms with Crippen molar-refractivity contribution in [3.8, 4) is 11.4 Å². The molecule has 5 nitrogen and oxygen atoms in total. The van der Waals surface area contributed by atoms with E-state index < -0.39 is 11.5 Å². The number of aromatic nitrogens is 2. The van der Waals surface area contributed by atoms with Crippen LogP contribution in [0.15, 0.2) is 47.4 Å². The zero-order chi connectivity index (χ0) is 18.8. The summed E-state index contributed by atoms with van der Waals surface area (Å²) in [6.45, 7) is 3.75. The van der Waals surface area contributed by atoms with Gasteiger partial charge in [-0.3, -0.25) is 9.59 Å². The molecule has 26 heavy (non-hydrogen) atoms. The number of aromatic amines is 1.